The molecule has 0 atom stereocenters. The maximum atomic E-state index is 13.0. The van der Waals surface area contributed by atoms with Crippen LogP contribution in [0.15, 0.2) is 67.1 Å². The molecule has 6 nitrogen and oxygen atoms in total. The van der Waals surface area contributed by atoms with Crippen molar-refractivity contribution in [3.05, 3.63) is 78.4 Å². The summed E-state index contributed by atoms with van der Waals surface area (Å²) in [6.07, 6.45) is -1.71. The van der Waals surface area contributed by atoms with E-state index in [9.17, 15) is 18.0 Å². The topological polar surface area (TPSA) is 80.7 Å². The lowest BCUT2D eigenvalue weighted by atomic mass is 10.1. The molecule has 0 spiro atoms. The highest BCUT2D eigenvalue weighted by Gasteiger charge is 2.30. The summed E-state index contributed by atoms with van der Waals surface area (Å²) in [4.78, 5) is 28.9. The van der Waals surface area contributed by atoms with Gasteiger partial charge in [-0.05, 0) is 36.4 Å². The van der Waals surface area contributed by atoms with Gasteiger partial charge in [0, 0.05) is 11.8 Å². The molecule has 3 aromatic heterocycles. The van der Waals surface area contributed by atoms with E-state index < -0.39 is 17.6 Å². The molecule has 0 saturated heterocycles. The summed E-state index contributed by atoms with van der Waals surface area (Å²) >= 11 is 0. The quantitative estimate of drug-likeness (QED) is 0.558. The second-order valence-corrected chi connectivity index (χ2v) is 6.03. The van der Waals surface area contributed by atoms with Gasteiger partial charge in [0.2, 0.25) is 0 Å². The molecule has 0 fully saturated rings. The molecule has 0 radical (unpaired) electrons. The Balaban J connectivity index is 1.74. The molecule has 0 saturated carbocycles. The number of hydrogen-bond donors (Lipinski definition) is 1. The minimum Gasteiger partial charge on any atom is -0.303 e. The van der Waals surface area contributed by atoms with Crippen LogP contribution in [-0.4, -0.2) is 25.8 Å². The molecule has 1 N–H and O–H groups in total. The average Bonchev–Trinajstić information content (AvgIpc) is 2.74. The number of carbonyl (C=O) groups is 1. The van der Waals surface area contributed by atoms with E-state index in [2.05, 4.69) is 25.3 Å². The van der Waals surface area contributed by atoms with Crippen LogP contribution in [0.5, 0.6) is 0 Å². The van der Waals surface area contributed by atoms with Gasteiger partial charge in [-0.3, -0.25) is 9.78 Å². The summed E-state index contributed by atoms with van der Waals surface area (Å²) in [5, 5.41) is 2.62. The highest BCUT2D eigenvalue weighted by Crippen LogP contribution is 2.32. The van der Waals surface area contributed by atoms with Crippen LogP contribution in [0.3, 0.4) is 0 Å². The molecule has 144 valence electrons. The molecular weight excluding hydrogens is 383 g/mol. The number of rotatable bonds is 3. The molecule has 0 aliphatic heterocycles. The zero-order valence-corrected chi connectivity index (χ0v) is 14.7. The van der Waals surface area contributed by atoms with Crippen molar-refractivity contribution >= 4 is 22.8 Å². The van der Waals surface area contributed by atoms with E-state index in [0.717, 1.165) is 12.1 Å². The smallest absolute Gasteiger partial charge is 0.303 e. The van der Waals surface area contributed by atoms with Gasteiger partial charge < -0.3 is 5.32 Å². The monoisotopic (exact) mass is 395 g/mol. The molecule has 29 heavy (non-hydrogen) atoms. The standard InChI is InChI=1S/C20H12F3N5O/c21-20(22,23)13-5-3-4-12(10-13)14-7-8-15-17(27-14)18(26-11-25-15)28-19(29)16-6-1-2-9-24-16/h1-11H,(H,25,26,28,29). The Hall–Kier alpha value is -3.88. The molecule has 3 heterocycles. The van der Waals surface area contributed by atoms with Gasteiger partial charge in [0.25, 0.3) is 5.91 Å². The van der Waals surface area contributed by atoms with Crippen molar-refractivity contribution < 1.29 is 18.0 Å². The second-order valence-electron chi connectivity index (χ2n) is 6.03. The van der Waals surface area contributed by atoms with Crippen LogP contribution < -0.4 is 5.32 Å². The first kappa shape index (κ1) is 18.5. The largest absolute Gasteiger partial charge is 0.416 e. The summed E-state index contributed by atoms with van der Waals surface area (Å²) in [6.45, 7) is 0. The Bertz CT molecular complexity index is 1200. The fourth-order valence-corrected chi connectivity index (χ4v) is 2.72. The average molecular weight is 395 g/mol. The van der Waals surface area contributed by atoms with Crippen molar-refractivity contribution in [2.75, 3.05) is 5.32 Å². The van der Waals surface area contributed by atoms with Gasteiger partial charge in [0.1, 0.15) is 17.5 Å². The van der Waals surface area contributed by atoms with Crippen molar-refractivity contribution in [3.63, 3.8) is 0 Å². The summed E-state index contributed by atoms with van der Waals surface area (Å²) in [5.41, 5.74) is 0.691. The highest BCUT2D eigenvalue weighted by atomic mass is 19.4. The fourth-order valence-electron chi connectivity index (χ4n) is 2.72. The molecule has 0 unspecified atom stereocenters. The van der Waals surface area contributed by atoms with Gasteiger partial charge in [0.05, 0.1) is 16.8 Å². The zero-order valence-electron chi connectivity index (χ0n) is 14.7. The molecule has 4 aromatic rings. The highest BCUT2D eigenvalue weighted by molar-refractivity contribution is 6.05. The van der Waals surface area contributed by atoms with Gasteiger partial charge in [-0.1, -0.05) is 18.2 Å². The number of nitrogens with one attached hydrogen (secondary N) is 1. The molecule has 0 aliphatic carbocycles. The summed E-state index contributed by atoms with van der Waals surface area (Å²) in [6, 6.07) is 12.9. The van der Waals surface area contributed by atoms with E-state index in [4.69, 9.17) is 0 Å². The summed E-state index contributed by atoms with van der Waals surface area (Å²) in [5.74, 6) is -0.351. The third-order valence-corrected chi connectivity index (χ3v) is 4.10. The number of anilines is 1. The lowest BCUT2D eigenvalue weighted by Gasteiger charge is -2.10. The van der Waals surface area contributed by atoms with Crippen LogP contribution in [0, 0.1) is 0 Å². The number of hydrogen-bond acceptors (Lipinski definition) is 5. The minimum atomic E-state index is -4.46. The molecule has 0 aliphatic rings. The lowest BCUT2D eigenvalue weighted by Crippen LogP contribution is -2.15. The molecular formula is C20H12F3N5O. The number of nitrogens with zero attached hydrogens (tertiary/aromatic N) is 4. The number of aromatic nitrogens is 4. The van der Waals surface area contributed by atoms with E-state index in [-0.39, 0.29) is 22.6 Å². The van der Waals surface area contributed by atoms with Crippen LogP contribution >= 0.6 is 0 Å². The predicted molar refractivity (Wildman–Crippen MR) is 100.0 cm³/mol. The maximum Gasteiger partial charge on any atom is 0.416 e. The number of pyridine rings is 2. The first-order chi connectivity index (χ1) is 13.9. The van der Waals surface area contributed by atoms with Crippen LogP contribution in [0.1, 0.15) is 16.1 Å². The van der Waals surface area contributed by atoms with Gasteiger partial charge in [-0.2, -0.15) is 13.2 Å². The van der Waals surface area contributed by atoms with E-state index in [1.54, 1.807) is 30.3 Å². The van der Waals surface area contributed by atoms with Crippen molar-refractivity contribution in [1.29, 1.82) is 0 Å². The minimum absolute atomic E-state index is 0.138. The zero-order chi connectivity index (χ0) is 20.4. The molecule has 0 bridgehead atoms. The van der Waals surface area contributed by atoms with Gasteiger partial charge in [-0.25, -0.2) is 15.0 Å². The SMILES string of the molecule is O=C(Nc1ncnc2ccc(-c3cccc(C(F)(F)F)c3)nc12)c1ccccn1. The first-order valence-corrected chi connectivity index (χ1v) is 8.43. The summed E-state index contributed by atoms with van der Waals surface area (Å²) < 4.78 is 39.0. The number of carbonyl (C=O) groups excluding carboxylic acids is 1. The Labute approximate surface area is 162 Å². The number of amides is 1. The Morgan fingerprint density at radius 1 is 0.931 bits per heavy atom. The van der Waals surface area contributed by atoms with Crippen LogP contribution in [0.4, 0.5) is 19.0 Å². The van der Waals surface area contributed by atoms with Crippen molar-refractivity contribution in [2.45, 2.75) is 6.18 Å². The van der Waals surface area contributed by atoms with E-state index in [1.807, 2.05) is 0 Å². The maximum absolute atomic E-state index is 13.0. The van der Waals surface area contributed by atoms with E-state index >= 15 is 0 Å². The molecule has 1 amide bonds. The fraction of sp³-hybridized carbons (Fsp3) is 0.0500. The van der Waals surface area contributed by atoms with E-state index in [0.29, 0.717) is 11.2 Å². The molecule has 9 heteroatoms. The number of alkyl halides is 3. The van der Waals surface area contributed by atoms with Crippen LogP contribution in [-0.2, 0) is 6.18 Å². The summed E-state index contributed by atoms with van der Waals surface area (Å²) in [7, 11) is 0. The van der Waals surface area contributed by atoms with Crippen LogP contribution in [0.25, 0.3) is 22.3 Å². The Morgan fingerprint density at radius 2 is 1.79 bits per heavy atom. The second kappa shape index (κ2) is 7.27. The Kier molecular flexibility index (Phi) is 4.63. The van der Waals surface area contributed by atoms with Crippen LogP contribution in [0.2, 0.25) is 0 Å². The third kappa shape index (κ3) is 3.88. The van der Waals surface area contributed by atoms with Gasteiger partial charge >= 0.3 is 6.18 Å². The Morgan fingerprint density at radius 3 is 2.55 bits per heavy atom. The predicted octanol–water partition coefficient (Wildman–Crippen LogP) is 4.36. The first-order valence-electron chi connectivity index (χ1n) is 8.43. The lowest BCUT2D eigenvalue weighted by molar-refractivity contribution is -0.137. The number of halogens is 3. The normalized spacial score (nSPS) is 11.4. The van der Waals surface area contributed by atoms with Crippen molar-refractivity contribution in [3.8, 4) is 11.3 Å². The number of benzene rings is 1. The van der Waals surface area contributed by atoms with Crippen molar-refractivity contribution in [1.82, 2.24) is 19.9 Å². The van der Waals surface area contributed by atoms with Gasteiger partial charge in [-0.15, -0.1) is 0 Å². The molecule has 1 aromatic carbocycles. The van der Waals surface area contributed by atoms with Crippen molar-refractivity contribution in [2.24, 2.45) is 0 Å². The third-order valence-electron chi connectivity index (χ3n) is 4.10. The molecule has 4 rings (SSSR count). The van der Waals surface area contributed by atoms with E-state index in [1.165, 1.54) is 24.7 Å². The van der Waals surface area contributed by atoms with Gasteiger partial charge in [0.15, 0.2) is 5.82 Å². The number of fused-ring (bicyclic) bond motifs is 1.